The van der Waals surface area contributed by atoms with Gasteiger partial charge in [0.25, 0.3) is 0 Å². The van der Waals surface area contributed by atoms with Gasteiger partial charge in [0.1, 0.15) is 0 Å². The van der Waals surface area contributed by atoms with Gasteiger partial charge in [-0.05, 0) is 0 Å². The summed E-state index contributed by atoms with van der Waals surface area (Å²) in [4.78, 5) is 29.3. The maximum absolute atomic E-state index is 7.33. The van der Waals surface area contributed by atoms with Crippen LogP contribution in [-0.2, 0) is 0 Å². The second-order valence-corrected chi connectivity index (χ2v) is 1.80. The van der Waals surface area contributed by atoms with E-state index in [0.29, 0.717) is 0 Å². The van der Waals surface area contributed by atoms with Crippen LogP contribution in [0, 0.1) is 0 Å². The van der Waals surface area contributed by atoms with Crippen molar-refractivity contribution in [3.63, 3.8) is 0 Å². The first-order valence-corrected chi connectivity index (χ1v) is 2.68. The van der Waals surface area contributed by atoms with E-state index < -0.39 is 9.05 Å². The fraction of sp³-hybridized carbons (Fsp3) is 1.00. The molecule has 0 amide bonds. The summed E-state index contributed by atoms with van der Waals surface area (Å²) in [6, 6.07) is 0. The van der Waals surface area contributed by atoms with E-state index in [1.807, 2.05) is 0 Å². The van der Waals surface area contributed by atoms with E-state index in [-0.39, 0.29) is 121 Å². The fourth-order valence-electron chi connectivity index (χ4n) is 0. The van der Waals surface area contributed by atoms with E-state index >= 15 is 0 Å². The molecule has 52 valence electrons. The van der Waals surface area contributed by atoms with Crippen molar-refractivity contribution in [1.82, 2.24) is 0 Å². The SMILES string of the molecule is C.O[Si](O)(O)O.[CaH2].[CaH2].[CaH2]. The van der Waals surface area contributed by atoms with Crippen LogP contribution in [0.4, 0.5) is 0 Å². The molecule has 0 unspecified atom stereocenters. The van der Waals surface area contributed by atoms with Crippen LogP contribution in [0.3, 0.4) is 0 Å². The van der Waals surface area contributed by atoms with Crippen molar-refractivity contribution in [2.24, 2.45) is 0 Å². The van der Waals surface area contributed by atoms with Gasteiger partial charge in [-0.15, -0.1) is 0 Å². The third kappa shape index (κ3) is 77.8. The minimum atomic E-state index is -4.61. The summed E-state index contributed by atoms with van der Waals surface area (Å²) < 4.78 is 0. The van der Waals surface area contributed by atoms with Gasteiger partial charge in [0, 0.05) is 0 Å². The number of rotatable bonds is 0. The Morgan fingerprint density at radius 2 is 0.667 bits per heavy atom. The first-order valence-electron chi connectivity index (χ1n) is 0.894. The molecular formula is CH14Ca3O4Si. The molecule has 0 heterocycles. The van der Waals surface area contributed by atoms with Crippen molar-refractivity contribution in [1.29, 1.82) is 0 Å². The van der Waals surface area contributed by atoms with Gasteiger partial charge in [-0.25, -0.2) is 0 Å². The van der Waals surface area contributed by atoms with Crippen molar-refractivity contribution in [2.75, 3.05) is 0 Å². The molecule has 0 rings (SSSR count). The van der Waals surface area contributed by atoms with E-state index in [2.05, 4.69) is 0 Å². The molecule has 0 saturated heterocycles. The third-order valence-electron chi connectivity index (χ3n) is 0. The molecule has 4 nitrogen and oxygen atoms in total. The molecule has 0 fully saturated rings. The zero-order chi connectivity index (χ0) is 4.50. The molecule has 9 heavy (non-hydrogen) atoms. The summed E-state index contributed by atoms with van der Waals surface area (Å²) in [6.07, 6.45) is 0. The second kappa shape index (κ2) is 14.4. The predicted octanol–water partition coefficient (Wildman–Crippen LogP) is -4.72. The molecule has 0 aliphatic rings. The molecule has 0 aromatic rings. The second-order valence-electron chi connectivity index (χ2n) is 0.600. The Labute approximate surface area is 145 Å². The Hall–Kier alpha value is 3.84. The van der Waals surface area contributed by atoms with Gasteiger partial charge >= 0.3 is 122 Å². The van der Waals surface area contributed by atoms with Crippen LogP contribution in [-0.4, -0.2) is 141 Å². The Morgan fingerprint density at radius 3 is 0.667 bits per heavy atom. The van der Waals surface area contributed by atoms with Crippen LogP contribution in [0.2, 0.25) is 0 Å². The minimum absolute atomic E-state index is 0. The van der Waals surface area contributed by atoms with Crippen molar-refractivity contribution in [3.8, 4) is 0 Å². The van der Waals surface area contributed by atoms with Crippen molar-refractivity contribution in [3.05, 3.63) is 0 Å². The summed E-state index contributed by atoms with van der Waals surface area (Å²) in [5.41, 5.74) is 0. The predicted molar refractivity (Wildman–Crippen MR) is 47.0 cm³/mol. The van der Waals surface area contributed by atoms with Gasteiger partial charge < -0.3 is 19.2 Å². The van der Waals surface area contributed by atoms with E-state index in [1.54, 1.807) is 0 Å². The Kier molecular flexibility index (Phi) is 46.7. The van der Waals surface area contributed by atoms with Gasteiger partial charge in [-0.2, -0.15) is 0 Å². The van der Waals surface area contributed by atoms with Gasteiger partial charge in [-0.3, -0.25) is 0 Å². The molecule has 0 aromatic carbocycles. The third-order valence-corrected chi connectivity index (χ3v) is 0. The number of hydrogen-bond acceptors (Lipinski definition) is 4. The summed E-state index contributed by atoms with van der Waals surface area (Å²) in [5.74, 6) is 0. The molecule has 0 saturated carbocycles. The molecule has 0 spiro atoms. The van der Waals surface area contributed by atoms with Crippen LogP contribution in [0.1, 0.15) is 7.43 Å². The molecule has 0 bridgehead atoms. The fourth-order valence-corrected chi connectivity index (χ4v) is 0. The Balaban J connectivity index is -0.0000000133. The van der Waals surface area contributed by atoms with Crippen molar-refractivity contribution >= 4 is 122 Å². The Morgan fingerprint density at radius 1 is 0.667 bits per heavy atom. The van der Waals surface area contributed by atoms with E-state index in [4.69, 9.17) is 19.2 Å². The quantitative estimate of drug-likeness (QED) is 0.320. The molecule has 0 atom stereocenters. The molecule has 0 aromatic heterocycles. The zero-order valence-electron chi connectivity index (χ0n) is 2.29. The molecule has 4 N–H and O–H groups in total. The van der Waals surface area contributed by atoms with Crippen LogP contribution in [0.5, 0.6) is 0 Å². The molecule has 8 heteroatoms. The van der Waals surface area contributed by atoms with Crippen LogP contribution >= 0.6 is 0 Å². The Bertz CT molecular complexity index is 31.3. The van der Waals surface area contributed by atoms with Crippen molar-refractivity contribution < 1.29 is 19.2 Å². The molecule has 0 radical (unpaired) electrons. The van der Waals surface area contributed by atoms with Gasteiger partial charge in [0.05, 0.1) is 0 Å². The molecule has 0 aliphatic carbocycles. The van der Waals surface area contributed by atoms with E-state index in [9.17, 15) is 0 Å². The van der Waals surface area contributed by atoms with Gasteiger partial charge in [0.2, 0.25) is 0 Å². The van der Waals surface area contributed by atoms with Crippen LogP contribution < -0.4 is 0 Å². The summed E-state index contributed by atoms with van der Waals surface area (Å²) in [6.45, 7) is 0. The van der Waals surface area contributed by atoms with E-state index in [0.717, 1.165) is 0 Å². The monoisotopic (exact) mass is 238 g/mol. The topological polar surface area (TPSA) is 80.9 Å². The normalized spacial score (nSPS) is 6.67. The average molecular weight is 238 g/mol. The summed E-state index contributed by atoms with van der Waals surface area (Å²) >= 11 is 0. The van der Waals surface area contributed by atoms with Crippen molar-refractivity contribution in [2.45, 2.75) is 7.43 Å². The first kappa shape index (κ1) is 29.3. The van der Waals surface area contributed by atoms with Crippen LogP contribution in [0.25, 0.3) is 0 Å². The van der Waals surface area contributed by atoms with Gasteiger partial charge in [-0.1, -0.05) is 7.43 Å². The van der Waals surface area contributed by atoms with Gasteiger partial charge in [0.15, 0.2) is 0 Å². The zero-order valence-corrected chi connectivity index (χ0v) is 3.29. The van der Waals surface area contributed by atoms with Crippen LogP contribution in [0.15, 0.2) is 0 Å². The number of hydrogen-bond donors (Lipinski definition) is 4. The summed E-state index contributed by atoms with van der Waals surface area (Å²) in [7, 11) is -4.61. The average Bonchev–Trinajstić information content (AvgIpc) is 0.722. The van der Waals surface area contributed by atoms with E-state index in [1.165, 1.54) is 0 Å². The summed E-state index contributed by atoms with van der Waals surface area (Å²) in [5, 5.41) is 0. The molecular weight excluding hydrogens is 224 g/mol. The standard InChI is InChI=1S/CH4.3Ca.H4O4Si.6H/c;;;;1-5(2,3)4;;;;;;/h1H4;;;;1-4H;;;;;;. The molecule has 0 aliphatic heterocycles. The maximum atomic E-state index is 7.33. The first-order chi connectivity index (χ1) is 2.00.